The number of rotatable bonds is 3. The summed E-state index contributed by atoms with van der Waals surface area (Å²) in [7, 11) is 0. The summed E-state index contributed by atoms with van der Waals surface area (Å²) in [6.45, 7) is 13.1. The van der Waals surface area contributed by atoms with Gasteiger partial charge in [0, 0.05) is 44.5 Å². The van der Waals surface area contributed by atoms with Crippen molar-refractivity contribution in [2.45, 2.75) is 40.2 Å². The maximum absolute atomic E-state index is 12.1. The zero-order valence-corrected chi connectivity index (χ0v) is 14.7. The second-order valence-corrected chi connectivity index (χ2v) is 6.68. The quantitative estimate of drug-likeness (QED) is 0.921. The molecule has 7 heteroatoms. The standard InChI is InChI=1S/C16H27N5O2/c1-6-17-13-11-12(2)18-14(19-13)20-7-9-21(10-8-20)15(22)23-16(3,4)5/h11H,6-10H2,1-5H3,(H,17,18,19). The summed E-state index contributed by atoms with van der Waals surface area (Å²) in [5.41, 5.74) is 0.467. The van der Waals surface area contributed by atoms with Crippen LogP contribution in [-0.2, 0) is 4.74 Å². The zero-order valence-electron chi connectivity index (χ0n) is 14.7. The first kappa shape index (κ1) is 17.3. The molecule has 2 rings (SSSR count). The van der Waals surface area contributed by atoms with Crippen LogP contribution in [0.2, 0.25) is 0 Å². The minimum Gasteiger partial charge on any atom is -0.444 e. The van der Waals surface area contributed by atoms with Gasteiger partial charge in [0.15, 0.2) is 0 Å². The third-order valence-electron chi connectivity index (χ3n) is 3.41. The van der Waals surface area contributed by atoms with Crippen LogP contribution < -0.4 is 10.2 Å². The summed E-state index contributed by atoms with van der Waals surface area (Å²) in [4.78, 5) is 25.0. The zero-order chi connectivity index (χ0) is 17.0. The van der Waals surface area contributed by atoms with Crippen molar-refractivity contribution in [3.05, 3.63) is 11.8 Å². The number of anilines is 2. The second-order valence-electron chi connectivity index (χ2n) is 6.68. The molecule has 1 saturated heterocycles. The van der Waals surface area contributed by atoms with Gasteiger partial charge in [0.05, 0.1) is 0 Å². The number of aromatic nitrogens is 2. The van der Waals surface area contributed by atoms with Gasteiger partial charge in [0.1, 0.15) is 11.4 Å². The molecular weight excluding hydrogens is 294 g/mol. The van der Waals surface area contributed by atoms with E-state index in [1.807, 2.05) is 40.7 Å². The number of nitrogens with zero attached hydrogens (tertiary/aromatic N) is 4. The molecule has 0 spiro atoms. The molecule has 1 fully saturated rings. The highest BCUT2D eigenvalue weighted by Gasteiger charge is 2.26. The van der Waals surface area contributed by atoms with Gasteiger partial charge in [-0.05, 0) is 34.6 Å². The average molecular weight is 321 g/mol. The second kappa shape index (κ2) is 7.02. The number of piperazine rings is 1. The Hall–Kier alpha value is -2.05. The van der Waals surface area contributed by atoms with Crippen molar-refractivity contribution in [3.63, 3.8) is 0 Å². The third-order valence-corrected chi connectivity index (χ3v) is 3.41. The summed E-state index contributed by atoms with van der Waals surface area (Å²) in [5.74, 6) is 1.55. The number of carbonyl (C=O) groups excluding carboxylic acids is 1. The smallest absolute Gasteiger partial charge is 0.410 e. The highest BCUT2D eigenvalue weighted by atomic mass is 16.6. The fourth-order valence-corrected chi connectivity index (χ4v) is 2.38. The number of carbonyl (C=O) groups is 1. The fourth-order valence-electron chi connectivity index (χ4n) is 2.38. The van der Waals surface area contributed by atoms with Gasteiger partial charge in [0.2, 0.25) is 5.95 Å². The molecule has 1 aromatic heterocycles. The van der Waals surface area contributed by atoms with Crippen LogP contribution in [0.3, 0.4) is 0 Å². The predicted octanol–water partition coefficient (Wildman–Crippen LogP) is 2.27. The predicted molar refractivity (Wildman–Crippen MR) is 91.0 cm³/mol. The van der Waals surface area contributed by atoms with E-state index in [4.69, 9.17) is 4.74 Å². The summed E-state index contributed by atoms with van der Waals surface area (Å²) in [6, 6.07) is 1.93. The lowest BCUT2D eigenvalue weighted by Crippen LogP contribution is -2.50. The largest absolute Gasteiger partial charge is 0.444 e. The van der Waals surface area contributed by atoms with Crippen molar-refractivity contribution in [1.82, 2.24) is 14.9 Å². The van der Waals surface area contributed by atoms with Gasteiger partial charge in [-0.15, -0.1) is 0 Å². The lowest BCUT2D eigenvalue weighted by molar-refractivity contribution is 0.0240. The van der Waals surface area contributed by atoms with Gasteiger partial charge < -0.3 is 19.9 Å². The van der Waals surface area contributed by atoms with E-state index in [0.717, 1.165) is 18.1 Å². The third kappa shape index (κ3) is 4.97. The molecule has 0 radical (unpaired) electrons. The van der Waals surface area contributed by atoms with E-state index in [0.29, 0.717) is 32.1 Å². The van der Waals surface area contributed by atoms with E-state index >= 15 is 0 Å². The van der Waals surface area contributed by atoms with E-state index in [1.54, 1.807) is 4.90 Å². The molecule has 0 bridgehead atoms. The maximum atomic E-state index is 12.1. The maximum Gasteiger partial charge on any atom is 0.410 e. The number of aryl methyl sites for hydroxylation is 1. The molecule has 0 unspecified atom stereocenters. The Morgan fingerprint density at radius 3 is 2.48 bits per heavy atom. The topological polar surface area (TPSA) is 70.6 Å². The van der Waals surface area contributed by atoms with Gasteiger partial charge in [0.25, 0.3) is 0 Å². The van der Waals surface area contributed by atoms with E-state index in [2.05, 4.69) is 20.2 Å². The van der Waals surface area contributed by atoms with Gasteiger partial charge in [-0.1, -0.05) is 0 Å². The Kier molecular flexibility index (Phi) is 5.28. The molecule has 1 aliphatic heterocycles. The van der Waals surface area contributed by atoms with Crippen LogP contribution in [0, 0.1) is 6.92 Å². The van der Waals surface area contributed by atoms with Crippen molar-refractivity contribution < 1.29 is 9.53 Å². The van der Waals surface area contributed by atoms with E-state index in [1.165, 1.54) is 0 Å². The Balaban J connectivity index is 1.98. The van der Waals surface area contributed by atoms with Crippen LogP contribution in [0.5, 0.6) is 0 Å². The van der Waals surface area contributed by atoms with Crippen molar-refractivity contribution in [1.29, 1.82) is 0 Å². The Labute approximate surface area is 138 Å². The molecule has 0 atom stereocenters. The molecule has 0 aliphatic carbocycles. The van der Waals surface area contributed by atoms with E-state index in [9.17, 15) is 4.79 Å². The lowest BCUT2D eigenvalue weighted by Gasteiger charge is -2.35. The number of nitrogens with one attached hydrogen (secondary N) is 1. The first-order chi connectivity index (χ1) is 10.8. The fraction of sp³-hybridized carbons (Fsp3) is 0.688. The number of hydrogen-bond donors (Lipinski definition) is 1. The van der Waals surface area contributed by atoms with Gasteiger partial charge in [-0.3, -0.25) is 0 Å². The molecule has 1 aromatic rings. The van der Waals surface area contributed by atoms with Crippen molar-refractivity contribution in [3.8, 4) is 0 Å². The molecule has 128 valence electrons. The van der Waals surface area contributed by atoms with Gasteiger partial charge in [-0.25, -0.2) is 9.78 Å². The SMILES string of the molecule is CCNc1cc(C)nc(N2CCN(C(=O)OC(C)(C)C)CC2)n1. The van der Waals surface area contributed by atoms with Gasteiger partial charge >= 0.3 is 6.09 Å². The van der Waals surface area contributed by atoms with Crippen LogP contribution in [0.4, 0.5) is 16.6 Å². The Morgan fingerprint density at radius 1 is 1.26 bits per heavy atom. The first-order valence-corrected chi connectivity index (χ1v) is 8.11. The van der Waals surface area contributed by atoms with Crippen molar-refractivity contribution >= 4 is 17.9 Å². The normalized spacial score (nSPS) is 15.5. The van der Waals surface area contributed by atoms with Crippen LogP contribution in [-0.4, -0.2) is 59.3 Å². The monoisotopic (exact) mass is 321 g/mol. The summed E-state index contributed by atoms with van der Waals surface area (Å²) < 4.78 is 5.42. The molecule has 1 N–H and O–H groups in total. The van der Waals surface area contributed by atoms with Crippen molar-refractivity contribution in [2.75, 3.05) is 42.9 Å². The number of hydrogen-bond acceptors (Lipinski definition) is 6. The molecular formula is C16H27N5O2. The highest BCUT2D eigenvalue weighted by Crippen LogP contribution is 2.17. The van der Waals surface area contributed by atoms with Crippen LogP contribution in [0.25, 0.3) is 0 Å². The van der Waals surface area contributed by atoms with E-state index < -0.39 is 5.60 Å². The van der Waals surface area contributed by atoms with Crippen molar-refractivity contribution in [2.24, 2.45) is 0 Å². The Bertz CT molecular complexity index is 548. The summed E-state index contributed by atoms with van der Waals surface area (Å²) in [6.07, 6.45) is -0.254. The molecule has 23 heavy (non-hydrogen) atoms. The van der Waals surface area contributed by atoms with Crippen LogP contribution >= 0.6 is 0 Å². The summed E-state index contributed by atoms with van der Waals surface area (Å²) >= 11 is 0. The Morgan fingerprint density at radius 2 is 1.91 bits per heavy atom. The van der Waals surface area contributed by atoms with Gasteiger partial charge in [-0.2, -0.15) is 4.98 Å². The molecule has 1 amide bonds. The number of ether oxygens (including phenoxy) is 1. The minimum absolute atomic E-state index is 0.254. The molecule has 0 saturated carbocycles. The average Bonchev–Trinajstić information content (AvgIpc) is 2.45. The van der Waals surface area contributed by atoms with E-state index in [-0.39, 0.29) is 6.09 Å². The number of amides is 1. The minimum atomic E-state index is -0.464. The summed E-state index contributed by atoms with van der Waals surface area (Å²) in [5, 5.41) is 3.22. The molecule has 2 heterocycles. The molecule has 0 aromatic carbocycles. The highest BCUT2D eigenvalue weighted by molar-refractivity contribution is 5.68. The molecule has 7 nitrogen and oxygen atoms in total. The molecule has 1 aliphatic rings. The lowest BCUT2D eigenvalue weighted by atomic mass is 10.2. The van der Waals surface area contributed by atoms with Crippen LogP contribution in [0.1, 0.15) is 33.4 Å². The first-order valence-electron chi connectivity index (χ1n) is 8.11. The van der Waals surface area contributed by atoms with Crippen LogP contribution in [0.15, 0.2) is 6.07 Å².